The summed E-state index contributed by atoms with van der Waals surface area (Å²) in [5, 5.41) is 52.9. The van der Waals surface area contributed by atoms with Crippen LogP contribution in [0.2, 0.25) is 0 Å². The predicted molar refractivity (Wildman–Crippen MR) is 177 cm³/mol. The summed E-state index contributed by atoms with van der Waals surface area (Å²) in [5.74, 6) is -1.62. The molecule has 2 heterocycles. The number of nitro benzene ring substituents is 1. The van der Waals surface area contributed by atoms with E-state index in [4.69, 9.17) is 5.11 Å². The minimum absolute atomic E-state index is 0. The second-order valence-corrected chi connectivity index (χ2v) is 10.3. The van der Waals surface area contributed by atoms with Crippen molar-refractivity contribution in [1.82, 2.24) is 19.6 Å². The van der Waals surface area contributed by atoms with Crippen LogP contribution in [0.1, 0.15) is 21.7 Å². The maximum Gasteiger partial charge on any atom is 3.00 e. The Bertz CT molecular complexity index is 2330. The number of carboxylic acid groups (broad SMARTS) is 1. The van der Waals surface area contributed by atoms with E-state index in [2.05, 4.69) is 30.7 Å². The number of nitrogens with one attached hydrogen (secondary N) is 2. The molecule has 0 atom stereocenters. The van der Waals surface area contributed by atoms with E-state index >= 15 is 0 Å². The van der Waals surface area contributed by atoms with Crippen molar-refractivity contribution in [2.24, 2.45) is 20.5 Å². The zero-order valence-electron chi connectivity index (χ0n) is 26.3. The summed E-state index contributed by atoms with van der Waals surface area (Å²) < 4.78 is 2.67. The van der Waals surface area contributed by atoms with Crippen LogP contribution in [-0.2, 0) is 17.4 Å². The SMILES string of the molecule is Cc1[nH]n(-c2ccccc2)c(=O)c1N=Nc1cc([N+](=O)[O-])ccc1[O-].Cc1[nH]n(-c2ccccc2)c(=O)c1N=Nc1ccccc1C(=O)O.[Cr+3]. The van der Waals surface area contributed by atoms with E-state index in [1.165, 1.54) is 21.5 Å². The minimum atomic E-state index is -1.10. The Balaban J connectivity index is 0.000000220. The Morgan fingerprint density at radius 1 is 0.700 bits per heavy atom. The fraction of sp³-hybridized carbons (Fsp3) is 0.0606. The molecule has 0 aliphatic heterocycles. The number of rotatable bonds is 8. The van der Waals surface area contributed by atoms with Gasteiger partial charge in [-0.25, -0.2) is 14.2 Å². The molecule has 6 aromatic rings. The maximum absolute atomic E-state index is 12.5. The molecule has 0 aliphatic carbocycles. The Morgan fingerprint density at radius 2 is 1.16 bits per heavy atom. The van der Waals surface area contributed by atoms with E-state index < -0.39 is 22.2 Å². The number of benzene rings is 4. The van der Waals surface area contributed by atoms with Gasteiger partial charge in [-0.3, -0.25) is 29.9 Å². The van der Waals surface area contributed by atoms with Crippen molar-refractivity contribution in [2.75, 3.05) is 0 Å². The van der Waals surface area contributed by atoms with Crippen LogP contribution < -0.4 is 16.2 Å². The number of hydrogen-bond acceptors (Lipinski definition) is 10. The summed E-state index contributed by atoms with van der Waals surface area (Å²) in [6.07, 6.45) is 0. The van der Waals surface area contributed by atoms with Gasteiger partial charge in [0, 0.05) is 12.1 Å². The van der Waals surface area contributed by atoms with Gasteiger partial charge in [-0.1, -0.05) is 60.3 Å². The molecule has 0 amide bonds. The summed E-state index contributed by atoms with van der Waals surface area (Å²) in [7, 11) is 0. The molecule has 0 saturated carbocycles. The van der Waals surface area contributed by atoms with Crippen LogP contribution in [-0.4, -0.2) is 35.6 Å². The van der Waals surface area contributed by atoms with Gasteiger partial charge in [0.25, 0.3) is 16.8 Å². The molecule has 0 saturated heterocycles. The molecular formula is C33H26CrN9O7+2. The first kappa shape index (κ1) is 36.1. The van der Waals surface area contributed by atoms with E-state index in [1.54, 1.807) is 62.4 Å². The zero-order valence-corrected chi connectivity index (χ0v) is 27.5. The largest absolute Gasteiger partial charge is 3.00 e. The average Bonchev–Trinajstić information content (AvgIpc) is 3.56. The molecule has 1 radical (unpaired) electrons. The number of aromatic carboxylic acids is 1. The van der Waals surface area contributed by atoms with Gasteiger partial charge in [0.15, 0.2) is 11.4 Å². The van der Waals surface area contributed by atoms with Crippen molar-refractivity contribution in [1.29, 1.82) is 0 Å². The molecule has 249 valence electrons. The summed E-state index contributed by atoms with van der Waals surface area (Å²) in [6, 6.07) is 27.3. The summed E-state index contributed by atoms with van der Waals surface area (Å²) in [5.41, 5.74) is 1.40. The van der Waals surface area contributed by atoms with E-state index in [0.29, 0.717) is 22.8 Å². The third kappa shape index (κ3) is 8.05. The number of aryl methyl sites for hydroxylation is 2. The zero-order chi connectivity index (χ0) is 35.1. The molecule has 17 heteroatoms. The molecule has 6 rings (SSSR count). The van der Waals surface area contributed by atoms with Crippen LogP contribution in [0.3, 0.4) is 0 Å². The molecule has 0 unspecified atom stereocenters. The number of aromatic amines is 2. The first-order chi connectivity index (χ1) is 23.5. The van der Waals surface area contributed by atoms with Crippen molar-refractivity contribution in [2.45, 2.75) is 13.8 Å². The second kappa shape index (κ2) is 15.9. The molecule has 3 N–H and O–H groups in total. The van der Waals surface area contributed by atoms with Crippen molar-refractivity contribution in [3.05, 3.63) is 151 Å². The average molecular weight is 713 g/mol. The topological polar surface area (TPSA) is 229 Å². The van der Waals surface area contributed by atoms with Gasteiger partial charge in [0.1, 0.15) is 5.69 Å². The van der Waals surface area contributed by atoms with Gasteiger partial charge in [-0.2, -0.15) is 5.11 Å². The standard InChI is InChI=1S/C17H14N4O3.C16H13N5O4.Cr/c1-11-15(16(22)21(20-11)12-7-3-2-4-8-12)19-18-14-10-6-5-9-13(14)17(23)24;1-10-15(16(23)20(19-10)11-5-3-2-4-6-11)18-17-13-9-12(21(24)25)7-8-14(13)22;/h2-10,20H,1H3,(H,23,24);2-9,19,22H,1H3;/q;;+3/p-1. The molecule has 50 heavy (non-hydrogen) atoms. The van der Waals surface area contributed by atoms with Crippen LogP contribution in [0.5, 0.6) is 5.75 Å². The van der Waals surface area contributed by atoms with Crippen molar-refractivity contribution in [3.63, 3.8) is 0 Å². The number of non-ortho nitro benzene ring substituents is 1. The molecule has 0 spiro atoms. The molecule has 0 fully saturated rings. The number of para-hydroxylation sites is 2. The van der Waals surface area contributed by atoms with Crippen LogP contribution >= 0.6 is 0 Å². The molecule has 16 nitrogen and oxygen atoms in total. The smallest absolute Gasteiger partial charge is 0.871 e. The third-order valence-corrected chi connectivity index (χ3v) is 6.91. The number of carbonyl (C=O) groups is 1. The first-order valence-electron chi connectivity index (χ1n) is 14.4. The van der Waals surface area contributed by atoms with Gasteiger partial charge in [-0.15, -0.1) is 15.3 Å². The van der Waals surface area contributed by atoms with Gasteiger partial charge in [-0.05, 0) is 50.2 Å². The van der Waals surface area contributed by atoms with E-state index in [0.717, 1.165) is 18.2 Å². The number of nitrogens with zero attached hydrogens (tertiary/aromatic N) is 7. The van der Waals surface area contributed by atoms with Gasteiger partial charge < -0.3 is 10.2 Å². The number of azo groups is 2. The third-order valence-electron chi connectivity index (χ3n) is 6.91. The van der Waals surface area contributed by atoms with E-state index in [-0.39, 0.29) is 56.9 Å². The van der Waals surface area contributed by atoms with Gasteiger partial charge >= 0.3 is 23.3 Å². The number of H-pyrrole nitrogens is 2. The Morgan fingerprint density at radius 3 is 1.64 bits per heavy atom. The number of carboxylic acids is 1. The number of hydrogen-bond donors (Lipinski definition) is 3. The van der Waals surface area contributed by atoms with Crippen LogP contribution in [0.15, 0.2) is 133 Å². The molecule has 0 bridgehead atoms. The van der Waals surface area contributed by atoms with Gasteiger partial charge in [0.2, 0.25) is 0 Å². The van der Waals surface area contributed by atoms with Crippen LogP contribution in [0, 0.1) is 24.0 Å². The normalized spacial score (nSPS) is 10.8. The van der Waals surface area contributed by atoms with E-state index in [1.807, 2.05) is 24.3 Å². The van der Waals surface area contributed by atoms with Crippen molar-refractivity contribution < 1.29 is 37.3 Å². The van der Waals surface area contributed by atoms with Crippen LogP contribution in [0.25, 0.3) is 11.4 Å². The van der Waals surface area contributed by atoms with Crippen LogP contribution in [0.4, 0.5) is 28.4 Å². The van der Waals surface area contributed by atoms with E-state index in [9.17, 15) is 29.6 Å². The maximum atomic E-state index is 12.5. The Hall–Kier alpha value is -6.70. The Kier molecular flexibility index (Phi) is 11.5. The molecular weight excluding hydrogens is 686 g/mol. The quantitative estimate of drug-likeness (QED) is 0.0905. The molecule has 0 aliphatic rings. The van der Waals surface area contributed by atoms with Gasteiger partial charge in [0.05, 0.1) is 38.9 Å². The fourth-order valence-electron chi connectivity index (χ4n) is 4.48. The molecule has 4 aromatic carbocycles. The minimum Gasteiger partial charge on any atom is -0.871 e. The first-order valence-corrected chi connectivity index (χ1v) is 14.4. The summed E-state index contributed by atoms with van der Waals surface area (Å²) in [6.45, 7) is 3.35. The Labute approximate surface area is 293 Å². The summed E-state index contributed by atoms with van der Waals surface area (Å²) in [4.78, 5) is 46.3. The monoisotopic (exact) mass is 712 g/mol. The number of aromatic nitrogens is 4. The van der Waals surface area contributed by atoms with Crippen molar-refractivity contribution in [3.8, 4) is 17.1 Å². The predicted octanol–water partition coefficient (Wildman–Crippen LogP) is 6.46. The number of nitro groups is 1. The molecule has 2 aromatic heterocycles. The summed E-state index contributed by atoms with van der Waals surface area (Å²) >= 11 is 0. The second-order valence-electron chi connectivity index (χ2n) is 10.3. The van der Waals surface area contributed by atoms with Crippen molar-refractivity contribution >= 4 is 34.4 Å². The fourth-order valence-corrected chi connectivity index (χ4v) is 4.48.